The van der Waals surface area contributed by atoms with Crippen LogP contribution in [-0.2, 0) is 0 Å². The molecule has 17 heavy (non-hydrogen) atoms. The van der Waals surface area contributed by atoms with E-state index < -0.39 is 0 Å². The van der Waals surface area contributed by atoms with Gasteiger partial charge >= 0.3 is 0 Å². The minimum atomic E-state index is -0.0112. The molecule has 3 nitrogen and oxygen atoms in total. The maximum atomic E-state index is 6.04. The second kappa shape index (κ2) is 5.23. The van der Waals surface area contributed by atoms with E-state index in [9.17, 15) is 0 Å². The monoisotopic (exact) mass is 233 g/mol. The average Bonchev–Trinajstić information content (AvgIpc) is 2.73. The molecule has 0 saturated carbocycles. The van der Waals surface area contributed by atoms with E-state index >= 15 is 0 Å². The van der Waals surface area contributed by atoms with E-state index in [-0.39, 0.29) is 6.04 Å². The summed E-state index contributed by atoms with van der Waals surface area (Å²) in [4.78, 5) is 0. The molecule has 1 aromatic carbocycles. The van der Waals surface area contributed by atoms with E-state index in [0.29, 0.717) is 6.61 Å². The molecule has 1 atom stereocenters. The normalized spacial score (nSPS) is 12.9. The molecule has 92 valence electrons. The largest absolute Gasteiger partial charge is 0.494 e. The molecule has 0 aliphatic carbocycles. The van der Waals surface area contributed by atoms with Gasteiger partial charge < -0.3 is 14.9 Å². The zero-order valence-corrected chi connectivity index (χ0v) is 10.4. The molecule has 1 aromatic heterocycles. The molecule has 2 N–H and O–H groups in total. The van der Waals surface area contributed by atoms with Gasteiger partial charge in [-0.2, -0.15) is 0 Å². The predicted molar refractivity (Wildman–Crippen MR) is 69.2 cm³/mol. The van der Waals surface area contributed by atoms with Crippen LogP contribution in [0.25, 0.3) is 11.0 Å². The SMILES string of the molecule is CCCC(N)c1cc2cc(OCC)ccc2o1. The van der Waals surface area contributed by atoms with E-state index in [1.165, 1.54) is 0 Å². The van der Waals surface area contributed by atoms with Gasteiger partial charge in [-0.15, -0.1) is 0 Å². The number of furan rings is 1. The average molecular weight is 233 g/mol. The molecule has 2 rings (SSSR count). The van der Waals surface area contributed by atoms with Crippen LogP contribution in [0.4, 0.5) is 0 Å². The maximum absolute atomic E-state index is 6.04. The molecule has 0 fully saturated rings. The summed E-state index contributed by atoms with van der Waals surface area (Å²) in [5.41, 5.74) is 6.91. The summed E-state index contributed by atoms with van der Waals surface area (Å²) in [5.74, 6) is 1.73. The zero-order valence-electron chi connectivity index (χ0n) is 10.4. The van der Waals surface area contributed by atoms with Gasteiger partial charge in [0, 0.05) is 5.39 Å². The number of fused-ring (bicyclic) bond motifs is 1. The zero-order chi connectivity index (χ0) is 12.3. The van der Waals surface area contributed by atoms with Crippen molar-refractivity contribution in [1.29, 1.82) is 0 Å². The van der Waals surface area contributed by atoms with Crippen LogP contribution in [0, 0.1) is 0 Å². The molecule has 2 aromatic rings. The molecule has 0 amide bonds. The second-order valence-electron chi connectivity index (χ2n) is 4.18. The fourth-order valence-corrected chi connectivity index (χ4v) is 1.93. The number of rotatable bonds is 5. The van der Waals surface area contributed by atoms with E-state index in [1.807, 2.05) is 31.2 Å². The van der Waals surface area contributed by atoms with Crippen LogP contribution >= 0.6 is 0 Å². The summed E-state index contributed by atoms with van der Waals surface area (Å²) in [6.07, 6.45) is 2.00. The third-order valence-corrected chi connectivity index (χ3v) is 2.78. The van der Waals surface area contributed by atoms with Crippen LogP contribution < -0.4 is 10.5 Å². The Morgan fingerprint density at radius 1 is 1.29 bits per heavy atom. The molecule has 1 heterocycles. The number of ether oxygens (including phenoxy) is 1. The Morgan fingerprint density at radius 3 is 2.82 bits per heavy atom. The molecular formula is C14H19NO2. The Hall–Kier alpha value is -1.48. The standard InChI is InChI=1S/C14H19NO2/c1-3-5-12(15)14-9-10-8-11(16-4-2)6-7-13(10)17-14/h6-9,12H,3-5,15H2,1-2H3. The van der Waals surface area contributed by atoms with E-state index in [1.54, 1.807) is 0 Å². The van der Waals surface area contributed by atoms with Crippen molar-refractivity contribution in [2.45, 2.75) is 32.7 Å². The van der Waals surface area contributed by atoms with Crippen molar-refractivity contribution in [3.05, 3.63) is 30.0 Å². The van der Waals surface area contributed by atoms with Gasteiger partial charge in [0.05, 0.1) is 12.6 Å². The first-order valence-corrected chi connectivity index (χ1v) is 6.16. The number of nitrogens with two attached hydrogens (primary N) is 1. The summed E-state index contributed by atoms with van der Waals surface area (Å²) < 4.78 is 11.2. The highest BCUT2D eigenvalue weighted by molar-refractivity contribution is 5.79. The first kappa shape index (κ1) is 12.0. The quantitative estimate of drug-likeness (QED) is 0.857. The third kappa shape index (κ3) is 2.61. The molecule has 0 saturated heterocycles. The van der Waals surface area contributed by atoms with Crippen molar-refractivity contribution >= 4 is 11.0 Å². The third-order valence-electron chi connectivity index (χ3n) is 2.78. The minimum Gasteiger partial charge on any atom is -0.494 e. The second-order valence-corrected chi connectivity index (χ2v) is 4.18. The van der Waals surface area contributed by atoms with E-state index in [2.05, 4.69) is 6.92 Å². The topological polar surface area (TPSA) is 48.4 Å². The van der Waals surface area contributed by atoms with Crippen molar-refractivity contribution in [1.82, 2.24) is 0 Å². The van der Waals surface area contributed by atoms with Crippen molar-refractivity contribution in [3.63, 3.8) is 0 Å². The fraction of sp³-hybridized carbons (Fsp3) is 0.429. The van der Waals surface area contributed by atoms with Crippen molar-refractivity contribution in [2.24, 2.45) is 5.73 Å². The smallest absolute Gasteiger partial charge is 0.134 e. The lowest BCUT2D eigenvalue weighted by atomic mass is 10.1. The first-order chi connectivity index (χ1) is 8.24. The molecule has 3 heteroatoms. The van der Waals surface area contributed by atoms with Crippen molar-refractivity contribution in [3.8, 4) is 5.75 Å². The highest BCUT2D eigenvalue weighted by atomic mass is 16.5. The summed E-state index contributed by atoms with van der Waals surface area (Å²) in [6, 6.07) is 7.85. The number of benzene rings is 1. The van der Waals surface area contributed by atoms with E-state index in [0.717, 1.165) is 35.3 Å². The minimum absolute atomic E-state index is 0.0112. The van der Waals surface area contributed by atoms with Gasteiger partial charge in [0.25, 0.3) is 0 Å². The highest BCUT2D eigenvalue weighted by Crippen LogP contribution is 2.28. The fourth-order valence-electron chi connectivity index (χ4n) is 1.93. The maximum Gasteiger partial charge on any atom is 0.134 e. The van der Waals surface area contributed by atoms with Gasteiger partial charge in [0.15, 0.2) is 0 Å². The van der Waals surface area contributed by atoms with Gasteiger partial charge in [0.2, 0.25) is 0 Å². The van der Waals surface area contributed by atoms with Gasteiger partial charge in [0.1, 0.15) is 17.1 Å². The van der Waals surface area contributed by atoms with Crippen LogP contribution in [0.3, 0.4) is 0 Å². The van der Waals surface area contributed by atoms with Gasteiger partial charge in [-0.25, -0.2) is 0 Å². The Bertz CT molecular complexity index is 490. The van der Waals surface area contributed by atoms with Gasteiger partial charge in [-0.05, 0) is 37.6 Å². The van der Waals surface area contributed by atoms with Crippen LogP contribution in [0.1, 0.15) is 38.5 Å². The molecule has 1 unspecified atom stereocenters. The Kier molecular flexibility index (Phi) is 3.69. The molecule has 0 aliphatic rings. The number of hydrogen-bond acceptors (Lipinski definition) is 3. The lowest BCUT2D eigenvalue weighted by Gasteiger charge is -2.04. The van der Waals surface area contributed by atoms with Crippen LogP contribution in [0.5, 0.6) is 5.75 Å². The van der Waals surface area contributed by atoms with Crippen molar-refractivity contribution < 1.29 is 9.15 Å². The molecular weight excluding hydrogens is 214 g/mol. The Labute approximate surface area is 102 Å². The van der Waals surface area contributed by atoms with Gasteiger partial charge in [-0.3, -0.25) is 0 Å². The summed E-state index contributed by atoms with van der Waals surface area (Å²) in [5, 5.41) is 1.05. The Morgan fingerprint density at radius 2 is 2.12 bits per heavy atom. The molecule has 0 bridgehead atoms. The predicted octanol–water partition coefficient (Wildman–Crippen LogP) is 3.63. The first-order valence-electron chi connectivity index (χ1n) is 6.16. The highest BCUT2D eigenvalue weighted by Gasteiger charge is 2.11. The Balaban J connectivity index is 2.30. The summed E-state index contributed by atoms with van der Waals surface area (Å²) in [7, 11) is 0. The summed E-state index contributed by atoms with van der Waals surface area (Å²) in [6.45, 7) is 4.77. The van der Waals surface area contributed by atoms with Crippen LogP contribution in [0.2, 0.25) is 0 Å². The van der Waals surface area contributed by atoms with Crippen LogP contribution in [-0.4, -0.2) is 6.61 Å². The lowest BCUT2D eigenvalue weighted by molar-refractivity contribution is 0.340. The molecule has 0 aliphatic heterocycles. The van der Waals surface area contributed by atoms with Crippen LogP contribution in [0.15, 0.2) is 28.7 Å². The van der Waals surface area contributed by atoms with Crippen molar-refractivity contribution in [2.75, 3.05) is 6.61 Å². The number of hydrogen-bond donors (Lipinski definition) is 1. The van der Waals surface area contributed by atoms with E-state index in [4.69, 9.17) is 14.9 Å². The van der Waals surface area contributed by atoms with Gasteiger partial charge in [-0.1, -0.05) is 13.3 Å². The summed E-state index contributed by atoms with van der Waals surface area (Å²) >= 11 is 0. The lowest BCUT2D eigenvalue weighted by Crippen LogP contribution is -2.08. The molecule has 0 radical (unpaired) electrons. The molecule has 0 spiro atoms.